The Labute approximate surface area is 186 Å². The third-order valence-electron chi connectivity index (χ3n) is 4.84. The SMILES string of the molecule is Cc1ccn2cc(C(=O)N3CCN(c4ccccc4Cl)CC3)nc2c1.O=C(O)C(F)(F)F. The van der Waals surface area contributed by atoms with Crippen LogP contribution in [0.5, 0.6) is 0 Å². The van der Waals surface area contributed by atoms with Gasteiger partial charge < -0.3 is 19.3 Å². The lowest BCUT2D eigenvalue weighted by Gasteiger charge is -2.36. The zero-order valence-corrected chi connectivity index (χ0v) is 17.8. The summed E-state index contributed by atoms with van der Waals surface area (Å²) in [5.74, 6) is -2.77. The third kappa shape index (κ3) is 5.50. The molecule has 11 heteroatoms. The summed E-state index contributed by atoms with van der Waals surface area (Å²) in [5, 5.41) is 7.87. The first-order valence-electron chi connectivity index (χ1n) is 9.60. The highest BCUT2D eigenvalue weighted by Gasteiger charge is 2.38. The molecule has 1 fully saturated rings. The van der Waals surface area contributed by atoms with Gasteiger partial charge in [-0.2, -0.15) is 13.2 Å². The normalized spacial score (nSPS) is 14.2. The Bertz CT molecular complexity index is 1120. The number of carbonyl (C=O) groups excluding carboxylic acids is 1. The number of aryl methyl sites for hydroxylation is 1. The molecule has 0 spiro atoms. The van der Waals surface area contributed by atoms with E-state index in [0.717, 1.165) is 35.0 Å². The van der Waals surface area contributed by atoms with E-state index in [4.69, 9.17) is 21.5 Å². The van der Waals surface area contributed by atoms with Gasteiger partial charge in [0, 0.05) is 38.6 Å². The maximum atomic E-state index is 12.8. The molecule has 0 bridgehead atoms. The number of halogens is 4. The number of amides is 1. The summed E-state index contributed by atoms with van der Waals surface area (Å²) in [6.45, 7) is 4.88. The molecule has 1 saturated heterocycles. The predicted molar refractivity (Wildman–Crippen MR) is 113 cm³/mol. The number of piperazine rings is 1. The van der Waals surface area contributed by atoms with Gasteiger partial charge in [0.05, 0.1) is 10.7 Å². The second-order valence-corrected chi connectivity index (χ2v) is 7.54. The monoisotopic (exact) mass is 468 g/mol. The summed E-state index contributed by atoms with van der Waals surface area (Å²) in [7, 11) is 0. The number of aliphatic carboxylic acids is 1. The number of fused-ring (bicyclic) bond motifs is 1. The predicted octanol–water partition coefficient (Wildman–Crippen LogP) is 3.89. The second kappa shape index (κ2) is 9.47. The van der Waals surface area contributed by atoms with Crippen LogP contribution in [-0.2, 0) is 4.79 Å². The number of hydrogen-bond donors (Lipinski definition) is 1. The first kappa shape index (κ1) is 23.4. The Morgan fingerprint density at radius 1 is 1.09 bits per heavy atom. The summed E-state index contributed by atoms with van der Waals surface area (Å²) in [5.41, 5.74) is 3.46. The van der Waals surface area contributed by atoms with Crippen molar-refractivity contribution in [3.63, 3.8) is 0 Å². The summed E-state index contributed by atoms with van der Waals surface area (Å²) < 4.78 is 33.6. The van der Waals surface area contributed by atoms with Crippen LogP contribution in [0.4, 0.5) is 18.9 Å². The van der Waals surface area contributed by atoms with E-state index < -0.39 is 12.1 Å². The number of anilines is 1. The lowest BCUT2D eigenvalue weighted by molar-refractivity contribution is -0.192. The summed E-state index contributed by atoms with van der Waals surface area (Å²) in [6.07, 6.45) is -1.35. The van der Waals surface area contributed by atoms with Crippen LogP contribution in [0.2, 0.25) is 5.02 Å². The molecule has 0 saturated carbocycles. The van der Waals surface area contributed by atoms with Crippen LogP contribution in [0.15, 0.2) is 48.8 Å². The van der Waals surface area contributed by atoms with Crippen LogP contribution in [-0.4, -0.2) is 63.6 Å². The van der Waals surface area contributed by atoms with Crippen molar-refractivity contribution in [3.05, 3.63) is 65.1 Å². The van der Waals surface area contributed by atoms with Gasteiger partial charge in [-0.3, -0.25) is 4.79 Å². The summed E-state index contributed by atoms with van der Waals surface area (Å²) >= 11 is 6.28. The highest BCUT2D eigenvalue weighted by Crippen LogP contribution is 2.26. The van der Waals surface area contributed by atoms with Gasteiger partial charge in [0.15, 0.2) is 0 Å². The molecule has 0 aliphatic carbocycles. The van der Waals surface area contributed by atoms with Crippen molar-refractivity contribution >= 4 is 34.8 Å². The lowest BCUT2D eigenvalue weighted by Crippen LogP contribution is -2.49. The average Bonchev–Trinajstić information content (AvgIpc) is 3.17. The van der Waals surface area contributed by atoms with E-state index in [2.05, 4.69) is 9.88 Å². The van der Waals surface area contributed by atoms with E-state index in [1.807, 2.05) is 58.8 Å². The van der Waals surface area contributed by atoms with Crippen LogP contribution in [0.25, 0.3) is 5.65 Å². The van der Waals surface area contributed by atoms with Crippen molar-refractivity contribution in [2.75, 3.05) is 31.1 Å². The number of alkyl halides is 3. The minimum atomic E-state index is -5.08. The fourth-order valence-corrected chi connectivity index (χ4v) is 3.46. The van der Waals surface area contributed by atoms with Gasteiger partial charge in [0.2, 0.25) is 0 Å². The van der Waals surface area contributed by atoms with Gasteiger partial charge in [-0.25, -0.2) is 9.78 Å². The number of imidazole rings is 1. The number of para-hydroxylation sites is 1. The molecule has 3 heterocycles. The molecule has 1 aromatic carbocycles. The van der Waals surface area contributed by atoms with E-state index in [1.165, 1.54) is 0 Å². The van der Waals surface area contributed by atoms with Crippen LogP contribution < -0.4 is 4.90 Å². The number of aromatic nitrogens is 2. The Hall–Kier alpha value is -3.27. The number of pyridine rings is 1. The maximum absolute atomic E-state index is 12.8. The van der Waals surface area contributed by atoms with Gasteiger partial charge in [-0.1, -0.05) is 23.7 Å². The smallest absolute Gasteiger partial charge is 0.475 e. The number of carboxylic acid groups (broad SMARTS) is 1. The van der Waals surface area contributed by atoms with Crippen molar-refractivity contribution in [1.82, 2.24) is 14.3 Å². The largest absolute Gasteiger partial charge is 0.490 e. The zero-order valence-electron chi connectivity index (χ0n) is 17.0. The Morgan fingerprint density at radius 2 is 1.72 bits per heavy atom. The molecule has 1 aliphatic rings. The Kier molecular flexibility index (Phi) is 6.93. The molecule has 1 N–H and O–H groups in total. The first-order chi connectivity index (χ1) is 15.1. The minimum Gasteiger partial charge on any atom is -0.475 e. The van der Waals surface area contributed by atoms with Gasteiger partial charge >= 0.3 is 12.1 Å². The lowest BCUT2D eigenvalue weighted by atomic mass is 10.2. The van der Waals surface area contributed by atoms with Crippen molar-refractivity contribution in [2.24, 2.45) is 0 Å². The highest BCUT2D eigenvalue weighted by molar-refractivity contribution is 6.33. The van der Waals surface area contributed by atoms with Gasteiger partial charge in [-0.05, 0) is 36.8 Å². The van der Waals surface area contributed by atoms with E-state index in [1.54, 1.807) is 6.20 Å². The molecular weight excluding hydrogens is 449 g/mol. The van der Waals surface area contributed by atoms with Crippen molar-refractivity contribution in [2.45, 2.75) is 13.1 Å². The molecule has 0 atom stereocenters. The van der Waals surface area contributed by atoms with Crippen LogP contribution in [0.1, 0.15) is 16.1 Å². The van der Waals surface area contributed by atoms with Gasteiger partial charge in [0.25, 0.3) is 5.91 Å². The summed E-state index contributed by atoms with van der Waals surface area (Å²) in [6, 6.07) is 11.8. The fourth-order valence-electron chi connectivity index (χ4n) is 3.21. The highest BCUT2D eigenvalue weighted by atomic mass is 35.5. The van der Waals surface area contributed by atoms with Gasteiger partial charge in [-0.15, -0.1) is 0 Å². The van der Waals surface area contributed by atoms with Crippen molar-refractivity contribution < 1.29 is 27.9 Å². The van der Waals surface area contributed by atoms with Crippen molar-refractivity contribution in [3.8, 4) is 0 Å². The number of nitrogens with zero attached hydrogens (tertiary/aromatic N) is 4. The fraction of sp³-hybridized carbons (Fsp3) is 0.286. The molecule has 1 aliphatic heterocycles. The second-order valence-electron chi connectivity index (χ2n) is 7.13. The average molecular weight is 469 g/mol. The topological polar surface area (TPSA) is 78.2 Å². The molecule has 0 radical (unpaired) electrons. The van der Waals surface area contributed by atoms with Crippen LogP contribution in [0.3, 0.4) is 0 Å². The standard InChI is InChI=1S/C19H19ClN4O.C2HF3O2/c1-14-6-7-24-13-16(21-18(24)12-14)19(25)23-10-8-22(9-11-23)17-5-3-2-4-15(17)20;3-2(4,5)1(6)7/h2-7,12-13H,8-11H2,1H3;(H,6,7). The Balaban J connectivity index is 0.000000360. The maximum Gasteiger partial charge on any atom is 0.490 e. The van der Waals surface area contributed by atoms with E-state index in [9.17, 15) is 18.0 Å². The minimum absolute atomic E-state index is 0.0137. The molecule has 0 unspecified atom stereocenters. The van der Waals surface area contributed by atoms with E-state index >= 15 is 0 Å². The number of hydrogen-bond acceptors (Lipinski definition) is 4. The molecule has 170 valence electrons. The quantitative estimate of drug-likeness (QED) is 0.617. The Morgan fingerprint density at radius 3 is 2.31 bits per heavy atom. The third-order valence-corrected chi connectivity index (χ3v) is 5.16. The van der Waals surface area contributed by atoms with Crippen LogP contribution in [0, 0.1) is 6.92 Å². The first-order valence-corrected chi connectivity index (χ1v) is 9.98. The van der Waals surface area contributed by atoms with E-state index in [0.29, 0.717) is 18.8 Å². The molecule has 32 heavy (non-hydrogen) atoms. The van der Waals surface area contributed by atoms with Crippen molar-refractivity contribution in [1.29, 1.82) is 0 Å². The van der Waals surface area contributed by atoms with E-state index in [-0.39, 0.29) is 5.91 Å². The van der Waals surface area contributed by atoms with Gasteiger partial charge in [0.1, 0.15) is 11.3 Å². The number of carboxylic acids is 1. The number of carbonyl (C=O) groups is 2. The number of benzene rings is 1. The molecule has 1 amide bonds. The molecular formula is C21H20ClF3N4O3. The van der Waals surface area contributed by atoms with Crippen LogP contribution >= 0.6 is 11.6 Å². The zero-order chi connectivity index (χ0) is 23.5. The molecule has 2 aromatic heterocycles. The molecule has 4 rings (SSSR count). The summed E-state index contributed by atoms with van der Waals surface area (Å²) in [4.78, 5) is 30.2. The number of rotatable bonds is 2. The molecule has 7 nitrogen and oxygen atoms in total. The molecule has 3 aromatic rings.